The van der Waals surface area contributed by atoms with Gasteiger partial charge in [0.05, 0.1) is 0 Å². The summed E-state index contributed by atoms with van der Waals surface area (Å²) in [4.78, 5) is 13.2. The zero-order chi connectivity index (χ0) is 14.5. The van der Waals surface area contributed by atoms with Gasteiger partial charge >= 0.3 is 5.97 Å². The predicted octanol–water partition coefficient (Wildman–Crippen LogP) is 4.32. The number of carboxylic acid groups (broad SMARTS) is 1. The number of carboxylic acids is 1. The molecule has 1 aromatic carbocycles. The molecule has 0 spiro atoms. The number of carbonyl (C=O) groups is 1. The second-order valence-electron chi connectivity index (χ2n) is 5.10. The van der Waals surface area contributed by atoms with Gasteiger partial charge in [-0.2, -0.15) is 0 Å². The molecule has 1 aliphatic carbocycles. The average molecular weight is 338 g/mol. The van der Waals surface area contributed by atoms with E-state index in [1.54, 1.807) is 6.08 Å². The van der Waals surface area contributed by atoms with Gasteiger partial charge in [0, 0.05) is 28.8 Å². The molecule has 20 heavy (non-hydrogen) atoms. The second-order valence-corrected chi connectivity index (χ2v) is 6.01. The Bertz CT molecular complexity index is 507. The van der Waals surface area contributed by atoms with E-state index < -0.39 is 5.97 Å². The van der Waals surface area contributed by atoms with Gasteiger partial charge in [-0.1, -0.05) is 28.8 Å². The molecular formula is C16H20BrNO2. The van der Waals surface area contributed by atoms with E-state index in [1.165, 1.54) is 31.8 Å². The summed E-state index contributed by atoms with van der Waals surface area (Å²) in [5, 5.41) is 8.83. The summed E-state index contributed by atoms with van der Waals surface area (Å²) in [6.45, 7) is 3.10. The molecule has 1 fully saturated rings. The van der Waals surface area contributed by atoms with Gasteiger partial charge in [-0.3, -0.25) is 0 Å². The maximum absolute atomic E-state index is 10.8. The van der Waals surface area contributed by atoms with Crippen molar-refractivity contribution in [3.8, 4) is 0 Å². The van der Waals surface area contributed by atoms with Crippen LogP contribution in [-0.2, 0) is 4.79 Å². The molecule has 0 saturated heterocycles. The summed E-state index contributed by atoms with van der Waals surface area (Å²) in [5.74, 6) is -0.917. The van der Waals surface area contributed by atoms with Crippen LogP contribution in [0.15, 0.2) is 28.7 Å². The van der Waals surface area contributed by atoms with Crippen LogP contribution in [0.5, 0.6) is 0 Å². The molecule has 0 radical (unpaired) electrons. The first-order valence-electron chi connectivity index (χ1n) is 7.09. The van der Waals surface area contributed by atoms with Crippen molar-refractivity contribution in [3.63, 3.8) is 0 Å². The molecule has 0 aliphatic heterocycles. The van der Waals surface area contributed by atoms with Crippen LogP contribution < -0.4 is 4.90 Å². The summed E-state index contributed by atoms with van der Waals surface area (Å²) < 4.78 is 0.966. The molecule has 4 heteroatoms. The maximum Gasteiger partial charge on any atom is 0.328 e. The van der Waals surface area contributed by atoms with E-state index in [4.69, 9.17) is 5.11 Å². The fourth-order valence-electron chi connectivity index (χ4n) is 2.92. The van der Waals surface area contributed by atoms with Crippen LogP contribution in [0.1, 0.15) is 38.2 Å². The molecule has 2 rings (SSSR count). The van der Waals surface area contributed by atoms with Crippen molar-refractivity contribution >= 4 is 33.7 Å². The monoisotopic (exact) mass is 337 g/mol. The quantitative estimate of drug-likeness (QED) is 0.813. The number of rotatable bonds is 5. The first-order valence-corrected chi connectivity index (χ1v) is 7.88. The second kappa shape index (κ2) is 6.93. The first kappa shape index (κ1) is 15.1. The van der Waals surface area contributed by atoms with Crippen LogP contribution >= 0.6 is 15.9 Å². The molecule has 108 valence electrons. The standard InChI is InChI=1S/C16H20BrNO2/c1-2-18(14-5-3-4-6-14)15-9-8-13(17)11-12(15)7-10-16(19)20/h7-11,14H,2-6H2,1H3,(H,19,20)/b10-7+. The van der Waals surface area contributed by atoms with Crippen molar-refractivity contribution < 1.29 is 9.90 Å². The highest BCUT2D eigenvalue weighted by atomic mass is 79.9. The molecule has 1 aromatic rings. The minimum atomic E-state index is -0.917. The van der Waals surface area contributed by atoms with Crippen LogP contribution in [0.3, 0.4) is 0 Å². The zero-order valence-corrected chi connectivity index (χ0v) is 13.3. The normalized spacial score (nSPS) is 15.9. The van der Waals surface area contributed by atoms with Crippen LogP contribution in [0.25, 0.3) is 6.08 Å². The summed E-state index contributed by atoms with van der Waals surface area (Å²) >= 11 is 3.46. The molecule has 1 saturated carbocycles. The first-order chi connectivity index (χ1) is 9.61. The van der Waals surface area contributed by atoms with E-state index in [0.29, 0.717) is 6.04 Å². The number of halogens is 1. The fourth-order valence-corrected chi connectivity index (χ4v) is 3.30. The van der Waals surface area contributed by atoms with Gasteiger partial charge in [0.25, 0.3) is 0 Å². The van der Waals surface area contributed by atoms with Gasteiger partial charge in [0.15, 0.2) is 0 Å². The van der Waals surface area contributed by atoms with Gasteiger partial charge in [0.2, 0.25) is 0 Å². The topological polar surface area (TPSA) is 40.5 Å². The number of aliphatic carboxylic acids is 1. The van der Waals surface area contributed by atoms with Gasteiger partial charge in [-0.25, -0.2) is 4.79 Å². The lowest BCUT2D eigenvalue weighted by Gasteiger charge is -2.31. The Hall–Kier alpha value is -1.29. The third kappa shape index (κ3) is 3.63. The summed E-state index contributed by atoms with van der Waals surface area (Å²) in [6, 6.07) is 6.66. The molecule has 0 aromatic heterocycles. The Morgan fingerprint density at radius 3 is 2.75 bits per heavy atom. The van der Waals surface area contributed by atoms with E-state index in [0.717, 1.165) is 22.3 Å². The van der Waals surface area contributed by atoms with Crippen LogP contribution in [0.2, 0.25) is 0 Å². The summed E-state index contributed by atoms with van der Waals surface area (Å²) in [5.41, 5.74) is 2.08. The van der Waals surface area contributed by atoms with Gasteiger partial charge in [-0.05, 0) is 49.6 Å². The van der Waals surface area contributed by atoms with Crippen molar-refractivity contribution in [3.05, 3.63) is 34.3 Å². The number of nitrogens with zero attached hydrogens (tertiary/aromatic N) is 1. The van der Waals surface area contributed by atoms with Crippen molar-refractivity contribution in [1.29, 1.82) is 0 Å². The van der Waals surface area contributed by atoms with Crippen molar-refractivity contribution in [2.75, 3.05) is 11.4 Å². The highest BCUT2D eigenvalue weighted by Crippen LogP contribution is 2.32. The molecule has 1 N–H and O–H groups in total. The van der Waals surface area contributed by atoms with Crippen LogP contribution in [0.4, 0.5) is 5.69 Å². The van der Waals surface area contributed by atoms with Crippen LogP contribution in [-0.4, -0.2) is 23.7 Å². The number of hydrogen-bond acceptors (Lipinski definition) is 2. The summed E-state index contributed by atoms with van der Waals surface area (Å²) in [6.07, 6.45) is 7.92. The summed E-state index contributed by atoms with van der Waals surface area (Å²) in [7, 11) is 0. The average Bonchev–Trinajstić information content (AvgIpc) is 2.93. The highest BCUT2D eigenvalue weighted by molar-refractivity contribution is 9.10. The SMILES string of the molecule is CCN(c1ccc(Br)cc1/C=C/C(=O)O)C1CCCC1. The van der Waals surface area contributed by atoms with E-state index in [2.05, 4.69) is 33.8 Å². The molecule has 0 heterocycles. The van der Waals surface area contributed by atoms with Crippen molar-refractivity contribution in [2.45, 2.75) is 38.6 Å². The number of anilines is 1. The van der Waals surface area contributed by atoms with E-state index in [9.17, 15) is 4.79 Å². The van der Waals surface area contributed by atoms with E-state index in [-0.39, 0.29) is 0 Å². The third-order valence-electron chi connectivity index (χ3n) is 3.81. The van der Waals surface area contributed by atoms with E-state index >= 15 is 0 Å². The molecule has 0 amide bonds. The van der Waals surface area contributed by atoms with Gasteiger partial charge in [0.1, 0.15) is 0 Å². The molecule has 0 bridgehead atoms. The molecular weight excluding hydrogens is 318 g/mol. The maximum atomic E-state index is 10.8. The Balaban J connectivity index is 2.35. The Labute approximate surface area is 128 Å². The molecule has 1 aliphatic rings. The Morgan fingerprint density at radius 2 is 2.15 bits per heavy atom. The largest absolute Gasteiger partial charge is 0.478 e. The Morgan fingerprint density at radius 1 is 1.45 bits per heavy atom. The molecule has 3 nitrogen and oxygen atoms in total. The zero-order valence-electron chi connectivity index (χ0n) is 11.7. The smallest absolute Gasteiger partial charge is 0.328 e. The lowest BCUT2D eigenvalue weighted by atomic mass is 10.1. The van der Waals surface area contributed by atoms with Crippen molar-refractivity contribution in [1.82, 2.24) is 0 Å². The number of benzene rings is 1. The van der Waals surface area contributed by atoms with Crippen molar-refractivity contribution in [2.24, 2.45) is 0 Å². The lowest BCUT2D eigenvalue weighted by molar-refractivity contribution is -0.131. The number of hydrogen-bond donors (Lipinski definition) is 1. The lowest BCUT2D eigenvalue weighted by Crippen LogP contribution is -2.33. The van der Waals surface area contributed by atoms with Gasteiger partial charge in [-0.15, -0.1) is 0 Å². The highest BCUT2D eigenvalue weighted by Gasteiger charge is 2.22. The molecule has 0 unspecified atom stereocenters. The molecule has 0 atom stereocenters. The Kier molecular flexibility index (Phi) is 5.24. The predicted molar refractivity (Wildman–Crippen MR) is 86.1 cm³/mol. The minimum absolute atomic E-state index is 0.582. The van der Waals surface area contributed by atoms with Gasteiger partial charge < -0.3 is 10.0 Å². The van der Waals surface area contributed by atoms with Crippen LogP contribution in [0, 0.1) is 0 Å². The minimum Gasteiger partial charge on any atom is -0.478 e. The third-order valence-corrected chi connectivity index (χ3v) is 4.30. The van der Waals surface area contributed by atoms with E-state index in [1.807, 2.05) is 12.1 Å². The fraction of sp³-hybridized carbons (Fsp3) is 0.438.